The number of carboxylic acids is 1. The average molecular weight is 283 g/mol. The van der Waals surface area contributed by atoms with Gasteiger partial charge in [-0.25, -0.2) is 4.79 Å². The lowest BCUT2D eigenvalue weighted by Crippen LogP contribution is -1.96. The largest absolute Gasteiger partial charge is 0.478 e. The molecule has 3 heteroatoms. The van der Waals surface area contributed by atoms with Gasteiger partial charge in [0.15, 0.2) is 0 Å². The van der Waals surface area contributed by atoms with Crippen molar-refractivity contribution in [1.82, 2.24) is 0 Å². The molecule has 0 radical (unpaired) electrons. The highest BCUT2D eigenvalue weighted by Gasteiger charge is 2.06. The molecule has 0 amide bonds. The van der Waals surface area contributed by atoms with E-state index < -0.39 is 5.97 Å². The number of benzene rings is 1. The van der Waals surface area contributed by atoms with Crippen LogP contribution < -0.4 is 0 Å². The second-order valence-corrected chi connectivity index (χ2v) is 5.03. The van der Waals surface area contributed by atoms with Crippen LogP contribution >= 0.6 is 15.9 Å². The molecular formula is C13H15BrO2. The van der Waals surface area contributed by atoms with E-state index in [0.29, 0.717) is 5.92 Å². The molecule has 0 aliphatic carbocycles. The summed E-state index contributed by atoms with van der Waals surface area (Å²) in [5.74, 6) is -0.451. The standard InChI is InChI=1S/C13H15BrO2/c1-9(2)7-11(8-13(15)16)10-3-5-12(14)6-4-10/h3-6,8-9H,7H2,1-2H3,(H,15,16)/b11-8+. The second kappa shape index (κ2) is 5.85. The third kappa shape index (κ3) is 4.19. The molecule has 0 spiro atoms. The third-order valence-electron chi connectivity index (χ3n) is 2.14. The molecule has 86 valence electrons. The van der Waals surface area contributed by atoms with Gasteiger partial charge >= 0.3 is 5.97 Å². The Morgan fingerprint density at radius 3 is 2.38 bits per heavy atom. The predicted octanol–water partition coefficient (Wildman–Crippen LogP) is 3.96. The Kier molecular flexibility index (Phi) is 4.74. The van der Waals surface area contributed by atoms with E-state index in [0.717, 1.165) is 22.0 Å². The first-order chi connectivity index (χ1) is 7.49. The van der Waals surface area contributed by atoms with Crippen molar-refractivity contribution >= 4 is 27.5 Å². The Balaban J connectivity index is 3.01. The lowest BCUT2D eigenvalue weighted by atomic mass is 9.96. The van der Waals surface area contributed by atoms with Crippen LogP contribution in [0.3, 0.4) is 0 Å². The van der Waals surface area contributed by atoms with Gasteiger partial charge in [0, 0.05) is 10.5 Å². The Hall–Kier alpha value is -1.09. The van der Waals surface area contributed by atoms with Gasteiger partial charge < -0.3 is 5.11 Å². The molecule has 0 aliphatic heterocycles. The van der Waals surface area contributed by atoms with Crippen LogP contribution in [-0.2, 0) is 4.79 Å². The molecule has 0 saturated heterocycles. The summed E-state index contributed by atoms with van der Waals surface area (Å²) in [6, 6.07) is 7.71. The number of carboxylic acid groups (broad SMARTS) is 1. The smallest absolute Gasteiger partial charge is 0.328 e. The van der Waals surface area contributed by atoms with Crippen LogP contribution in [0.1, 0.15) is 25.8 Å². The fraction of sp³-hybridized carbons (Fsp3) is 0.308. The quantitative estimate of drug-likeness (QED) is 0.849. The number of halogens is 1. The highest BCUT2D eigenvalue weighted by molar-refractivity contribution is 9.10. The van der Waals surface area contributed by atoms with Crippen molar-refractivity contribution in [2.24, 2.45) is 5.92 Å². The first-order valence-corrected chi connectivity index (χ1v) is 5.97. The molecule has 0 heterocycles. The summed E-state index contributed by atoms with van der Waals surface area (Å²) < 4.78 is 0.996. The molecule has 1 aromatic rings. The van der Waals surface area contributed by atoms with Crippen molar-refractivity contribution in [2.45, 2.75) is 20.3 Å². The monoisotopic (exact) mass is 282 g/mol. The van der Waals surface area contributed by atoms with Crippen molar-refractivity contribution in [3.8, 4) is 0 Å². The Bertz CT molecular complexity index is 391. The summed E-state index contributed by atoms with van der Waals surface area (Å²) >= 11 is 3.36. The van der Waals surface area contributed by atoms with Crippen LogP contribution in [0.25, 0.3) is 5.57 Å². The van der Waals surface area contributed by atoms with Gasteiger partial charge in [0.1, 0.15) is 0 Å². The van der Waals surface area contributed by atoms with E-state index >= 15 is 0 Å². The van der Waals surface area contributed by atoms with Crippen molar-refractivity contribution in [1.29, 1.82) is 0 Å². The van der Waals surface area contributed by atoms with Crippen LogP contribution in [0.15, 0.2) is 34.8 Å². The summed E-state index contributed by atoms with van der Waals surface area (Å²) in [4.78, 5) is 10.7. The molecule has 1 aromatic carbocycles. The highest BCUT2D eigenvalue weighted by Crippen LogP contribution is 2.24. The molecule has 0 fully saturated rings. The van der Waals surface area contributed by atoms with E-state index in [9.17, 15) is 4.79 Å². The summed E-state index contributed by atoms with van der Waals surface area (Å²) in [5, 5.41) is 8.83. The van der Waals surface area contributed by atoms with Gasteiger partial charge in [0.2, 0.25) is 0 Å². The van der Waals surface area contributed by atoms with Crippen molar-refractivity contribution in [2.75, 3.05) is 0 Å². The summed E-state index contributed by atoms with van der Waals surface area (Å²) in [7, 11) is 0. The van der Waals surface area contributed by atoms with Gasteiger partial charge in [-0.3, -0.25) is 0 Å². The SMILES string of the molecule is CC(C)C/C(=C\C(=O)O)c1ccc(Br)cc1. The van der Waals surface area contributed by atoms with E-state index in [1.54, 1.807) is 0 Å². The van der Waals surface area contributed by atoms with Crippen LogP contribution in [-0.4, -0.2) is 11.1 Å². The molecule has 16 heavy (non-hydrogen) atoms. The molecule has 0 saturated carbocycles. The van der Waals surface area contributed by atoms with E-state index in [2.05, 4.69) is 29.8 Å². The van der Waals surface area contributed by atoms with Gasteiger partial charge in [-0.15, -0.1) is 0 Å². The first kappa shape index (κ1) is 13.0. The van der Waals surface area contributed by atoms with Crippen LogP contribution in [0.4, 0.5) is 0 Å². The zero-order chi connectivity index (χ0) is 12.1. The van der Waals surface area contributed by atoms with Gasteiger partial charge in [-0.05, 0) is 35.6 Å². The maximum absolute atomic E-state index is 10.7. The maximum atomic E-state index is 10.7. The first-order valence-electron chi connectivity index (χ1n) is 5.18. The van der Waals surface area contributed by atoms with Crippen LogP contribution in [0.5, 0.6) is 0 Å². The molecule has 0 aliphatic rings. The fourth-order valence-electron chi connectivity index (χ4n) is 1.51. The molecule has 2 nitrogen and oxygen atoms in total. The van der Waals surface area contributed by atoms with Gasteiger partial charge in [0.05, 0.1) is 0 Å². The molecule has 0 atom stereocenters. The summed E-state index contributed by atoms with van der Waals surface area (Å²) in [6.07, 6.45) is 2.07. The van der Waals surface area contributed by atoms with Crippen molar-refractivity contribution < 1.29 is 9.90 Å². The molecule has 0 aromatic heterocycles. The fourth-order valence-corrected chi connectivity index (χ4v) is 1.78. The van der Waals surface area contributed by atoms with Gasteiger partial charge in [-0.1, -0.05) is 41.9 Å². The zero-order valence-electron chi connectivity index (χ0n) is 9.40. The second-order valence-electron chi connectivity index (χ2n) is 4.11. The molecular weight excluding hydrogens is 268 g/mol. The topological polar surface area (TPSA) is 37.3 Å². The number of hydrogen-bond donors (Lipinski definition) is 1. The summed E-state index contributed by atoms with van der Waals surface area (Å²) in [5.41, 5.74) is 1.84. The van der Waals surface area contributed by atoms with E-state index in [1.807, 2.05) is 24.3 Å². The van der Waals surface area contributed by atoms with Gasteiger partial charge in [-0.2, -0.15) is 0 Å². The van der Waals surface area contributed by atoms with Gasteiger partial charge in [0.25, 0.3) is 0 Å². The van der Waals surface area contributed by atoms with E-state index in [4.69, 9.17) is 5.11 Å². The minimum atomic E-state index is -0.890. The average Bonchev–Trinajstić information content (AvgIpc) is 2.16. The number of carbonyl (C=O) groups is 1. The van der Waals surface area contributed by atoms with Crippen molar-refractivity contribution in [3.05, 3.63) is 40.4 Å². The number of rotatable bonds is 4. The predicted molar refractivity (Wildman–Crippen MR) is 69.2 cm³/mol. The van der Waals surface area contributed by atoms with E-state index in [1.165, 1.54) is 6.08 Å². The highest BCUT2D eigenvalue weighted by atomic mass is 79.9. The van der Waals surface area contributed by atoms with E-state index in [-0.39, 0.29) is 0 Å². The zero-order valence-corrected chi connectivity index (χ0v) is 11.0. The number of hydrogen-bond acceptors (Lipinski definition) is 1. The lowest BCUT2D eigenvalue weighted by molar-refractivity contribution is -0.131. The number of allylic oxidation sites excluding steroid dienone is 1. The maximum Gasteiger partial charge on any atom is 0.328 e. The minimum Gasteiger partial charge on any atom is -0.478 e. The Labute approximate surface area is 104 Å². The Morgan fingerprint density at radius 2 is 1.94 bits per heavy atom. The van der Waals surface area contributed by atoms with Crippen molar-refractivity contribution in [3.63, 3.8) is 0 Å². The van der Waals surface area contributed by atoms with Crippen LogP contribution in [0.2, 0.25) is 0 Å². The number of aliphatic carboxylic acids is 1. The molecule has 0 bridgehead atoms. The Morgan fingerprint density at radius 1 is 1.38 bits per heavy atom. The summed E-state index contributed by atoms with van der Waals surface area (Å²) in [6.45, 7) is 4.16. The molecule has 1 rings (SSSR count). The molecule has 0 unspecified atom stereocenters. The minimum absolute atomic E-state index is 0.439. The lowest BCUT2D eigenvalue weighted by Gasteiger charge is -2.09. The normalized spacial score (nSPS) is 11.9. The van der Waals surface area contributed by atoms with Crippen LogP contribution in [0, 0.1) is 5.92 Å². The molecule has 1 N–H and O–H groups in total. The third-order valence-corrected chi connectivity index (χ3v) is 2.67.